The standard InChI is InChI=1S/C30H42N2O6/c1-7-19-38-26-14-12-24(30(35)22-11-13-27(36-5)28(20-22)37-6)25(23(26)8-2)21-29(34)32(17-18-33)16-15-31(9-3)10-4/h7,11-14,20,33H,1,8-10,15-19,21H2,2-6H3. The lowest BCUT2D eigenvalue weighted by Crippen LogP contribution is -2.41. The van der Waals surface area contributed by atoms with Gasteiger partial charge in [-0.2, -0.15) is 0 Å². The fourth-order valence-corrected chi connectivity index (χ4v) is 4.44. The summed E-state index contributed by atoms with van der Waals surface area (Å²) in [6.07, 6.45) is 2.24. The molecule has 2 aromatic carbocycles. The maximum Gasteiger partial charge on any atom is 0.227 e. The second kappa shape index (κ2) is 15.8. The van der Waals surface area contributed by atoms with Crippen LogP contribution in [0.4, 0.5) is 0 Å². The number of methoxy groups -OCH3 is 2. The Kier molecular flexibility index (Phi) is 12.8. The van der Waals surface area contributed by atoms with Crippen molar-refractivity contribution in [2.24, 2.45) is 0 Å². The summed E-state index contributed by atoms with van der Waals surface area (Å²) in [5.41, 5.74) is 2.29. The van der Waals surface area contributed by atoms with E-state index in [0.29, 0.717) is 60.1 Å². The Morgan fingerprint density at radius 1 is 0.921 bits per heavy atom. The van der Waals surface area contributed by atoms with Gasteiger partial charge in [-0.15, -0.1) is 0 Å². The van der Waals surface area contributed by atoms with Gasteiger partial charge in [-0.05, 0) is 61.0 Å². The van der Waals surface area contributed by atoms with E-state index < -0.39 is 0 Å². The molecule has 0 unspecified atom stereocenters. The number of ketones is 1. The number of benzene rings is 2. The third-order valence-corrected chi connectivity index (χ3v) is 6.62. The molecule has 2 aromatic rings. The topological polar surface area (TPSA) is 88.5 Å². The number of amides is 1. The zero-order chi connectivity index (χ0) is 28.1. The van der Waals surface area contributed by atoms with Crippen LogP contribution in [0.2, 0.25) is 0 Å². The van der Waals surface area contributed by atoms with Gasteiger partial charge in [0.25, 0.3) is 0 Å². The maximum absolute atomic E-state index is 13.8. The van der Waals surface area contributed by atoms with Crippen LogP contribution < -0.4 is 14.2 Å². The smallest absolute Gasteiger partial charge is 0.227 e. The molecule has 0 aromatic heterocycles. The van der Waals surface area contributed by atoms with E-state index in [9.17, 15) is 14.7 Å². The van der Waals surface area contributed by atoms with Crippen LogP contribution in [0.15, 0.2) is 43.0 Å². The van der Waals surface area contributed by atoms with Crippen molar-refractivity contribution >= 4 is 11.7 Å². The van der Waals surface area contributed by atoms with Crippen molar-refractivity contribution in [1.29, 1.82) is 0 Å². The number of hydrogen-bond donors (Lipinski definition) is 1. The highest BCUT2D eigenvalue weighted by atomic mass is 16.5. The van der Waals surface area contributed by atoms with E-state index >= 15 is 0 Å². The quantitative estimate of drug-likeness (QED) is 0.248. The van der Waals surface area contributed by atoms with Gasteiger partial charge in [0.1, 0.15) is 12.4 Å². The molecule has 0 saturated heterocycles. The number of likely N-dealkylation sites (N-methyl/N-ethyl adjacent to an activating group) is 1. The molecule has 0 spiro atoms. The fourth-order valence-electron chi connectivity index (χ4n) is 4.44. The zero-order valence-corrected chi connectivity index (χ0v) is 23.4. The molecule has 0 radical (unpaired) electrons. The number of carbonyl (C=O) groups is 2. The minimum atomic E-state index is -0.226. The van der Waals surface area contributed by atoms with E-state index in [1.54, 1.807) is 41.3 Å². The van der Waals surface area contributed by atoms with Crippen molar-refractivity contribution in [2.45, 2.75) is 33.6 Å². The largest absolute Gasteiger partial charge is 0.493 e. The summed E-state index contributed by atoms with van der Waals surface area (Å²) in [7, 11) is 3.06. The van der Waals surface area contributed by atoms with Crippen LogP contribution in [0.25, 0.3) is 0 Å². The van der Waals surface area contributed by atoms with E-state index in [4.69, 9.17) is 14.2 Å². The predicted molar refractivity (Wildman–Crippen MR) is 150 cm³/mol. The van der Waals surface area contributed by atoms with Gasteiger partial charge in [0.15, 0.2) is 17.3 Å². The highest BCUT2D eigenvalue weighted by molar-refractivity contribution is 6.11. The summed E-state index contributed by atoms with van der Waals surface area (Å²) < 4.78 is 16.6. The van der Waals surface area contributed by atoms with Gasteiger partial charge in [-0.1, -0.05) is 33.4 Å². The van der Waals surface area contributed by atoms with E-state index in [2.05, 4.69) is 25.3 Å². The molecule has 2 rings (SSSR count). The summed E-state index contributed by atoms with van der Waals surface area (Å²) in [5.74, 6) is 1.22. The van der Waals surface area contributed by atoms with E-state index in [-0.39, 0.29) is 31.3 Å². The Hall–Kier alpha value is -3.36. The van der Waals surface area contributed by atoms with Crippen molar-refractivity contribution in [3.63, 3.8) is 0 Å². The van der Waals surface area contributed by atoms with E-state index in [1.165, 1.54) is 14.2 Å². The molecule has 0 aliphatic heterocycles. The maximum atomic E-state index is 13.8. The Bertz CT molecular complexity index is 1080. The molecular weight excluding hydrogens is 484 g/mol. The molecular formula is C30H42N2O6. The van der Waals surface area contributed by atoms with Gasteiger partial charge in [0.2, 0.25) is 5.91 Å². The molecule has 0 heterocycles. The van der Waals surface area contributed by atoms with Crippen LogP contribution in [0.5, 0.6) is 17.2 Å². The van der Waals surface area contributed by atoms with E-state index in [0.717, 1.165) is 18.7 Å². The van der Waals surface area contributed by atoms with Crippen LogP contribution in [0.3, 0.4) is 0 Å². The monoisotopic (exact) mass is 526 g/mol. The number of nitrogens with zero attached hydrogens (tertiary/aromatic N) is 2. The molecule has 1 amide bonds. The first-order valence-electron chi connectivity index (χ1n) is 13.1. The minimum Gasteiger partial charge on any atom is -0.493 e. The lowest BCUT2D eigenvalue weighted by molar-refractivity contribution is -0.131. The Labute approximate surface area is 226 Å². The van der Waals surface area contributed by atoms with Crippen LogP contribution in [-0.2, 0) is 17.6 Å². The zero-order valence-electron chi connectivity index (χ0n) is 23.4. The Morgan fingerprint density at radius 3 is 2.18 bits per heavy atom. The van der Waals surface area contributed by atoms with Gasteiger partial charge in [-0.3, -0.25) is 9.59 Å². The molecule has 8 nitrogen and oxygen atoms in total. The molecule has 8 heteroatoms. The number of rotatable bonds is 17. The molecule has 0 atom stereocenters. The number of aliphatic hydroxyl groups excluding tert-OH is 1. The number of carbonyl (C=O) groups excluding carboxylic acids is 2. The van der Waals surface area contributed by atoms with Gasteiger partial charge < -0.3 is 29.1 Å². The van der Waals surface area contributed by atoms with Crippen molar-refractivity contribution in [1.82, 2.24) is 9.80 Å². The molecule has 1 N–H and O–H groups in total. The van der Waals surface area contributed by atoms with Gasteiger partial charge in [-0.25, -0.2) is 0 Å². The van der Waals surface area contributed by atoms with Gasteiger partial charge in [0, 0.05) is 30.8 Å². The van der Waals surface area contributed by atoms with Crippen LogP contribution in [0, 0.1) is 0 Å². The SMILES string of the molecule is C=CCOc1ccc(C(=O)c2ccc(OC)c(OC)c2)c(CC(=O)N(CCO)CCN(CC)CC)c1CC. The van der Waals surface area contributed by atoms with Crippen LogP contribution in [0.1, 0.15) is 47.8 Å². The number of hydrogen-bond acceptors (Lipinski definition) is 7. The minimum absolute atomic E-state index is 0.0150. The summed E-state index contributed by atoms with van der Waals surface area (Å²) in [4.78, 5) is 31.2. The second-order valence-electron chi connectivity index (χ2n) is 8.73. The first-order chi connectivity index (χ1) is 18.4. The first-order valence-corrected chi connectivity index (χ1v) is 13.1. The van der Waals surface area contributed by atoms with Crippen molar-refractivity contribution in [3.8, 4) is 17.2 Å². The Morgan fingerprint density at radius 2 is 1.61 bits per heavy atom. The van der Waals surface area contributed by atoms with Crippen molar-refractivity contribution in [3.05, 3.63) is 65.2 Å². The molecule has 0 bridgehead atoms. The molecule has 38 heavy (non-hydrogen) atoms. The van der Waals surface area contributed by atoms with Gasteiger partial charge in [0.05, 0.1) is 27.2 Å². The third kappa shape index (κ3) is 7.82. The second-order valence-corrected chi connectivity index (χ2v) is 8.73. The molecule has 208 valence electrons. The fraction of sp³-hybridized carbons (Fsp3) is 0.467. The van der Waals surface area contributed by atoms with Gasteiger partial charge >= 0.3 is 0 Å². The summed E-state index contributed by atoms with van der Waals surface area (Å²) in [6, 6.07) is 8.50. The van der Waals surface area contributed by atoms with Crippen molar-refractivity contribution in [2.75, 3.05) is 60.2 Å². The Balaban J connectivity index is 2.53. The highest BCUT2D eigenvalue weighted by Gasteiger charge is 2.24. The molecule has 0 saturated carbocycles. The van der Waals surface area contributed by atoms with Crippen LogP contribution in [-0.4, -0.2) is 86.8 Å². The predicted octanol–water partition coefficient (Wildman–Crippen LogP) is 3.77. The average Bonchev–Trinajstić information content (AvgIpc) is 2.94. The highest BCUT2D eigenvalue weighted by Crippen LogP contribution is 2.32. The lowest BCUT2D eigenvalue weighted by Gasteiger charge is -2.27. The third-order valence-electron chi connectivity index (χ3n) is 6.62. The summed E-state index contributed by atoms with van der Waals surface area (Å²) in [5, 5.41) is 9.64. The van der Waals surface area contributed by atoms with Crippen LogP contribution >= 0.6 is 0 Å². The first kappa shape index (κ1) is 30.9. The molecule has 0 aliphatic rings. The van der Waals surface area contributed by atoms with E-state index in [1.807, 2.05) is 6.92 Å². The summed E-state index contributed by atoms with van der Waals surface area (Å²) in [6.45, 7) is 13.2. The molecule has 0 fully saturated rings. The average molecular weight is 527 g/mol. The lowest BCUT2D eigenvalue weighted by atomic mass is 9.90. The number of aliphatic hydroxyl groups is 1. The normalized spacial score (nSPS) is 10.8. The molecule has 0 aliphatic carbocycles. The van der Waals surface area contributed by atoms with Crippen molar-refractivity contribution < 1.29 is 28.9 Å². The number of ether oxygens (including phenoxy) is 3. The summed E-state index contributed by atoms with van der Waals surface area (Å²) >= 11 is 0.